The van der Waals surface area contributed by atoms with Gasteiger partial charge in [0.05, 0.1) is 0 Å². The summed E-state index contributed by atoms with van der Waals surface area (Å²) < 4.78 is 0. The molecule has 0 aromatic carbocycles. The molecule has 0 amide bonds. The minimum absolute atomic E-state index is 0.0139. The largest absolute Gasteiger partial charge is 0.477 e. The minimum atomic E-state index is -1.01. The predicted molar refractivity (Wildman–Crippen MR) is 38.8 cm³/mol. The van der Waals surface area contributed by atoms with E-state index >= 15 is 0 Å². The molecule has 2 atom stereocenters. The van der Waals surface area contributed by atoms with Crippen LogP contribution >= 0.6 is 11.6 Å². The molecule has 0 bridgehead atoms. The average Bonchev–Trinajstić information content (AvgIpc) is 2.40. The van der Waals surface area contributed by atoms with Gasteiger partial charge in [0.1, 0.15) is 5.03 Å². The average molecular weight is 161 g/mol. The molecule has 1 rings (SSSR count). The van der Waals surface area contributed by atoms with Crippen LogP contribution in [0.3, 0.4) is 0 Å². The maximum atomic E-state index is 10.3. The van der Waals surface area contributed by atoms with Crippen molar-refractivity contribution in [1.29, 1.82) is 0 Å². The summed E-state index contributed by atoms with van der Waals surface area (Å²) >= 11 is 5.48. The van der Waals surface area contributed by atoms with Crippen LogP contribution in [-0.4, -0.2) is 11.1 Å². The summed E-state index contributed by atoms with van der Waals surface area (Å²) in [4.78, 5) is 10.3. The molecular formula is C7H9ClO2. The zero-order valence-corrected chi connectivity index (χ0v) is 6.64. The zero-order valence-electron chi connectivity index (χ0n) is 5.89. The Morgan fingerprint density at radius 3 is 2.00 bits per heavy atom. The summed E-state index contributed by atoms with van der Waals surface area (Å²) in [6, 6.07) is 0. The van der Waals surface area contributed by atoms with Gasteiger partial charge in [-0.1, -0.05) is 25.4 Å². The lowest BCUT2D eigenvalue weighted by Gasteiger charge is -1.85. The van der Waals surface area contributed by atoms with Crippen LogP contribution in [0.15, 0.2) is 10.6 Å². The van der Waals surface area contributed by atoms with E-state index in [1.807, 2.05) is 13.8 Å². The second kappa shape index (κ2) is 2.27. The molecule has 1 fully saturated rings. The Bertz CT molecular complexity index is 198. The van der Waals surface area contributed by atoms with E-state index in [0.717, 1.165) is 5.57 Å². The van der Waals surface area contributed by atoms with E-state index < -0.39 is 5.97 Å². The van der Waals surface area contributed by atoms with Crippen LogP contribution in [0.2, 0.25) is 0 Å². The van der Waals surface area contributed by atoms with Crippen LogP contribution in [0.5, 0.6) is 0 Å². The van der Waals surface area contributed by atoms with E-state index in [-0.39, 0.29) is 5.03 Å². The Morgan fingerprint density at radius 1 is 1.50 bits per heavy atom. The van der Waals surface area contributed by atoms with Crippen molar-refractivity contribution in [2.45, 2.75) is 13.8 Å². The molecule has 0 heterocycles. The van der Waals surface area contributed by atoms with Crippen molar-refractivity contribution in [1.82, 2.24) is 0 Å². The Hall–Kier alpha value is -0.500. The first kappa shape index (κ1) is 7.61. The Balaban J connectivity index is 2.81. The maximum absolute atomic E-state index is 10.3. The van der Waals surface area contributed by atoms with Gasteiger partial charge < -0.3 is 5.11 Å². The van der Waals surface area contributed by atoms with E-state index in [1.54, 1.807) is 0 Å². The number of aliphatic carboxylic acids is 1. The monoisotopic (exact) mass is 160 g/mol. The fraction of sp³-hybridized carbons (Fsp3) is 0.571. The van der Waals surface area contributed by atoms with E-state index in [1.165, 1.54) is 0 Å². The van der Waals surface area contributed by atoms with Gasteiger partial charge in [0, 0.05) is 0 Å². The molecule has 1 aliphatic carbocycles. The molecule has 0 saturated heterocycles. The van der Waals surface area contributed by atoms with Gasteiger partial charge in [-0.05, 0) is 17.4 Å². The number of halogens is 1. The van der Waals surface area contributed by atoms with Gasteiger partial charge >= 0.3 is 5.97 Å². The van der Waals surface area contributed by atoms with Crippen molar-refractivity contribution in [2.24, 2.45) is 11.8 Å². The van der Waals surface area contributed by atoms with Crippen molar-refractivity contribution in [2.75, 3.05) is 0 Å². The van der Waals surface area contributed by atoms with Gasteiger partial charge in [0.2, 0.25) is 0 Å². The van der Waals surface area contributed by atoms with Crippen molar-refractivity contribution < 1.29 is 9.90 Å². The molecule has 0 aromatic heterocycles. The van der Waals surface area contributed by atoms with Crippen LogP contribution < -0.4 is 0 Å². The summed E-state index contributed by atoms with van der Waals surface area (Å²) in [6.07, 6.45) is 0. The topological polar surface area (TPSA) is 37.3 Å². The summed E-state index contributed by atoms with van der Waals surface area (Å²) in [5, 5.41) is 8.45. The molecule has 1 aliphatic rings. The molecule has 10 heavy (non-hydrogen) atoms. The third-order valence-corrected chi connectivity index (χ3v) is 2.44. The highest BCUT2D eigenvalue weighted by atomic mass is 35.5. The molecule has 0 aliphatic heterocycles. The lowest BCUT2D eigenvalue weighted by atomic mass is 10.4. The quantitative estimate of drug-likeness (QED) is 0.595. The van der Waals surface area contributed by atoms with E-state index in [4.69, 9.17) is 16.7 Å². The molecule has 0 aromatic rings. The van der Waals surface area contributed by atoms with Crippen molar-refractivity contribution in [3.63, 3.8) is 0 Å². The van der Waals surface area contributed by atoms with Gasteiger partial charge in [0.15, 0.2) is 0 Å². The second-order valence-corrected chi connectivity index (χ2v) is 3.03. The second-order valence-electron chi connectivity index (χ2n) is 2.65. The lowest BCUT2D eigenvalue weighted by Crippen LogP contribution is -1.93. The molecule has 1 N–H and O–H groups in total. The van der Waals surface area contributed by atoms with E-state index in [9.17, 15) is 4.79 Å². The van der Waals surface area contributed by atoms with Gasteiger partial charge in [-0.25, -0.2) is 4.79 Å². The first-order chi connectivity index (χ1) is 4.55. The Labute approximate surface area is 64.5 Å². The highest BCUT2D eigenvalue weighted by Gasteiger charge is 2.39. The normalized spacial score (nSPS) is 30.1. The SMILES string of the molecule is C[C@H]1C(=C(Cl)C(=O)O)[C@@H]1C. The number of carboxylic acid groups (broad SMARTS) is 1. The van der Waals surface area contributed by atoms with Crippen LogP contribution in [0.1, 0.15) is 13.8 Å². The number of hydrogen-bond donors (Lipinski definition) is 1. The summed E-state index contributed by atoms with van der Waals surface area (Å²) in [5.74, 6) is -0.278. The maximum Gasteiger partial charge on any atom is 0.347 e. The molecular weight excluding hydrogens is 152 g/mol. The highest BCUT2D eigenvalue weighted by Crippen LogP contribution is 2.47. The molecule has 1 saturated carbocycles. The standard InChI is InChI=1S/C7H9ClO2/c1-3-4(2)5(3)6(8)7(9)10/h3-4H,1-2H3,(H,9,10)/t3-,4-/m1/s1. The van der Waals surface area contributed by atoms with Gasteiger partial charge in [-0.2, -0.15) is 0 Å². The summed E-state index contributed by atoms with van der Waals surface area (Å²) in [6.45, 7) is 3.96. The van der Waals surface area contributed by atoms with Crippen LogP contribution in [0.4, 0.5) is 0 Å². The van der Waals surface area contributed by atoms with Crippen LogP contribution in [0.25, 0.3) is 0 Å². The third kappa shape index (κ3) is 1.03. The van der Waals surface area contributed by atoms with Gasteiger partial charge in [0.25, 0.3) is 0 Å². The number of carbonyl (C=O) groups is 1. The minimum Gasteiger partial charge on any atom is -0.477 e. The molecule has 3 heteroatoms. The molecule has 2 nitrogen and oxygen atoms in total. The van der Waals surface area contributed by atoms with E-state index in [2.05, 4.69) is 0 Å². The Kier molecular flexibility index (Phi) is 1.73. The first-order valence-electron chi connectivity index (χ1n) is 3.18. The lowest BCUT2D eigenvalue weighted by molar-refractivity contribution is -0.131. The zero-order chi connectivity index (χ0) is 7.89. The number of rotatable bonds is 1. The van der Waals surface area contributed by atoms with E-state index in [0.29, 0.717) is 11.8 Å². The fourth-order valence-electron chi connectivity index (χ4n) is 1.09. The molecule has 0 radical (unpaired) electrons. The first-order valence-corrected chi connectivity index (χ1v) is 3.56. The fourth-order valence-corrected chi connectivity index (χ4v) is 1.43. The number of hydrogen-bond acceptors (Lipinski definition) is 1. The van der Waals surface area contributed by atoms with Crippen molar-refractivity contribution in [3.05, 3.63) is 10.6 Å². The number of carboxylic acids is 1. The molecule has 56 valence electrons. The highest BCUT2D eigenvalue weighted by molar-refractivity contribution is 6.41. The van der Waals surface area contributed by atoms with Gasteiger partial charge in [-0.3, -0.25) is 0 Å². The molecule has 0 unspecified atom stereocenters. The van der Waals surface area contributed by atoms with Crippen molar-refractivity contribution >= 4 is 17.6 Å². The molecule has 0 spiro atoms. The number of allylic oxidation sites excluding steroid dienone is 1. The third-order valence-electron chi connectivity index (χ3n) is 2.06. The Morgan fingerprint density at radius 2 is 1.90 bits per heavy atom. The smallest absolute Gasteiger partial charge is 0.347 e. The van der Waals surface area contributed by atoms with Crippen LogP contribution in [0, 0.1) is 11.8 Å². The van der Waals surface area contributed by atoms with Crippen LogP contribution in [-0.2, 0) is 4.79 Å². The predicted octanol–water partition coefficient (Wildman–Crippen LogP) is 1.85. The van der Waals surface area contributed by atoms with Crippen molar-refractivity contribution in [3.8, 4) is 0 Å². The summed E-state index contributed by atoms with van der Waals surface area (Å²) in [7, 11) is 0. The summed E-state index contributed by atoms with van der Waals surface area (Å²) in [5.41, 5.74) is 0.883. The van der Waals surface area contributed by atoms with Gasteiger partial charge in [-0.15, -0.1) is 0 Å².